The van der Waals surface area contributed by atoms with E-state index >= 15 is 0 Å². The standard InChI is InChI=1S/C30H40ClF2N3O2/c1-29(2,3)36-17-23(22-12-11-21(32)16-25(22)33)24(18-36)27(37)34-15-5-6-26(19-7-9-20(31)10-8-19)35-28(38)30(4)13-14-30/h7,9-12,16,19,23-24,26H,5-6,8,13-15,17-18H2,1-4H3,(H,34,37)(H,35,38)/t19?,23-,24+,26-/m0/s1. The second-order valence-electron chi connectivity index (χ2n) is 12.4. The lowest BCUT2D eigenvalue weighted by atomic mass is 9.87. The van der Waals surface area contributed by atoms with Gasteiger partial charge in [-0.2, -0.15) is 0 Å². The molecule has 3 aliphatic rings. The van der Waals surface area contributed by atoms with Gasteiger partial charge in [-0.25, -0.2) is 8.78 Å². The van der Waals surface area contributed by atoms with Gasteiger partial charge < -0.3 is 10.6 Å². The molecule has 0 aromatic heterocycles. The molecular weight excluding hydrogens is 508 g/mol. The molecule has 5 nitrogen and oxygen atoms in total. The summed E-state index contributed by atoms with van der Waals surface area (Å²) in [7, 11) is 0. The molecule has 2 amide bonds. The van der Waals surface area contributed by atoms with Crippen LogP contribution in [0.25, 0.3) is 0 Å². The minimum Gasteiger partial charge on any atom is -0.356 e. The van der Waals surface area contributed by atoms with Crippen LogP contribution in [0.5, 0.6) is 0 Å². The van der Waals surface area contributed by atoms with E-state index in [1.807, 2.05) is 19.1 Å². The van der Waals surface area contributed by atoms with E-state index in [0.717, 1.165) is 31.7 Å². The van der Waals surface area contributed by atoms with Crippen molar-refractivity contribution in [2.75, 3.05) is 19.6 Å². The fraction of sp³-hybridized carbons (Fsp3) is 0.600. The summed E-state index contributed by atoms with van der Waals surface area (Å²) in [4.78, 5) is 28.3. The summed E-state index contributed by atoms with van der Waals surface area (Å²) in [5.74, 6) is -1.90. The Morgan fingerprint density at radius 2 is 1.95 bits per heavy atom. The smallest absolute Gasteiger partial charge is 0.226 e. The Hall–Kier alpha value is -2.25. The van der Waals surface area contributed by atoms with Crippen LogP contribution in [0.15, 0.2) is 41.5 Å². The predicted octanol–water partition coefficient (Wildman–Crippen LogP) is 5.66. The summed E-state index contributed by atoms with van der Waals surface area (Å²) >= 11 is 6.10. The average molecular weight is 548 g/mol. The van der Waals surface area contributed by atoms with E-state index in [9.17, 15) is 18.4 Å². The summed E-state index contributed by atoms with van der Waals surface area (Å²) in [5.41, 5.74) is -0.0618. The van der Waals surface area contributed by atoms with Gasteiger partial charge in [0.2, 0.25) is 11.8 Å². The highest BCUT2D eigenvalue weighted by Gasteiger charge is 2.46. The second-order valence-corrected chi connectivity index (χ2v) is 12.8. The van der Waals surface area contributed by atoms with Crippen molar-refractivity contribution in [3.05, 3.63) is 58.7 Å². The summed E-state index contributed by atoms with van der Waals surface area (Å²) in [6, 6.07) is 3.57. The van der Waals surface area contributed by atoms with Crippen LogP contribution in [0.3, 0.4) is 0 Å². The molecule has 38 heavy (non-hydrogen) atoms. The lowest BCUT2D eigenvalue weighted by Crippen LogP contribution is -2.44. The third kappa shape index (κ3) is 6.84. The third-order valence-corrected chi connectivity index (χ3v) is 8.71. The predicted molar refractivity (Wildman–Crippen MR) is 147 cm³/mol. The number of allylic oxidation sites excluding steroid dienone is 3. The zero-order chi connectivity index (χ0) is 27.7. The van der Waals surface area contributed by atoms with E-state index in [0.29, 0.717) is 36.7 Å². The van der Waals surface area contributed by atoms with E-state index in [4.69, 9.17) is 11.6 Å². The van der Waals surface area contributed by atoms with Crippen LogP contribution in [0.1, 0.15) is 71.3 Å². The van der Waals surface area contributed by atoms with Crippen molar-refractivity contribution in [3.8, 4) is 0 Å². The molecule has 1 unspecified atom stereocenters. The maximum Gasteiger partial charge on any atom is 0.226 e. The van der Waals surface area contributed by atoms with Gasteiger partial charge in [-0.15, -0.1) is 0 Å². The van der Waals surface area contributed by atoms with Crippen LogP contribution in [-0.4, -0.2) is 47.9 Å². The monoisotopic (exact) mass is 547 g/mol. The van der Waals surface area contributed by atoms with Crippen LogP contribution in [0.4, 0.5) is 8.78 Å². The maximum atomic E-state index is 14.7. The second kappa shape index (κ2) is 11.5. The van der Waals surface area contributed by atoms with Crippen LogP contribution in [-0.2, 0) is 9.59 Å². The number of amides is 2. The minimum absolute atomic E-state index is 0.0435. The Morgan fingerprint density at radius 3 is 2.55 bits per heavy atom. The molecule has 1 saturated heterocycles. The fourth-order valence-corrected chi connectivity index (χ4v) is 5.62. The Morgan fingerprint density at radius 1 is 1.21 bits per heavy atom. The number of likely N-dealkylation sites (tertiary alicyclic amines) is 1. The summed E-state index contributed by atoms with van der Waals surface area (Å²) < 4.78 is 28.3. The maximum absolute atomic E-state index is 14.7. The number of carbonyl (C=O) groups is 2. The molecule has 0 bridgehead atoms. The van der Waals surface area contributed by atoms with Crippen LogP contribution < -0.4 is 10.6 Å². The molecule has 8 heteroatoms. The molecule has 2 aliphatic carbocycles. The van der Waals surface area contributed by atoms with Crippen molar-refractivity contribution >= 4 is 23.4 Å². The third-order valence-electron chi connectivity index (χ3n) is 8.43. The number of halogens is 3. The van der Waals surface area contributed by atoms with Gasteiger partial charge >= 0.3 is 0 Å². The molecule has 1 aromatic rings. The molecule has 1 aromatic carbocycles. The zero-order valence-corrected chi connectivity index (χ0v) is 23.6. The number of hydrogen-bond acceptors (Lipinski definition) is 3. The number of carbonyl (C=O) groups excluding carboxylic acids is 2. The molecule has 0 spiro atoms. The van der Waals surface area contributed by atoms with Crippen LogP contribution >= 0.6 is 11.6 Å². The van der Waals surface area contributed by atoms with Gasteiger partial charge in [0.25, 0.3) is 0 Å². The highest BCUT2D eigenvalue weighted by Crippen LogP contribution is 2.45. The first-order valence-corrected chi connectivity index (χ1v) is 14.1. The van der Waals surface area contributed by atoms with E-state index in [-0.39, 0.29) is 40.6 Å². The molecule has 2 N–H and O–H groups in total. The van der Waals surface area contributed by atoms with E-state index in [1.54, 1.807) is 0 Å². The normalized spacial score (nSPS) is 25.6. The zero-order valence-electron chi connectivity index (χ0n) is 22.8. The quantitative estimate of drug-likeness (QED) is 0.392. The van der Waals surface area contributed by atoms with Crippen molar-refractivity contribution < 1.29 is 18.4 Å². The van der Waals surface area contributed by atoms with Gasteiger partial charge in [0, 0.05) is 59.6 Å². The fourth-order valence-electron chi connectivity index (χ4n) is 5.46. The van der Waals surface area contributed by atoms with Gasteiger partial charge in [0.15, 0.2) is 0 Å². The Labute approximate surface area is 230 Å². The molecule has 0 radical (unpaired) electrons. The number of rotatable bonds is 9. The van der Waals surface area contributed by atoms with E-state index < -0.39 is 17.6 Å². The molecule has 1 aliphatic heterocycles. The van der Waals surface area contributed by atoms with Gasteiger partial charge in [-0.1, -0.05) is 36.7 Å². The molecule has 2 fully saturated rings. The first-order valence-electron chi connectivity index (χ1n) is 13.7. The van der Waals surface area contributed by atoms with Crippen molar-refractivity contribution in [1.82, 2.24) is 15.5 Å². The number of nitrogens with zero attached hydrogens (tertiary/aromatic N) is 1. The molecule has 4 rings (SSSR count). The highest BCUT2D eigenvalue weighted by atomic mass is 35.5. The van der Waals surface area contributed by atoms with Gasteiger partial charge in [-0.3, -0.25) is 14.5 Å². The molecule has 1 heterocycles. The van der Waals surface area contributed by atoms with Gasteiger partial charge in [0.1, 0.15) is 11.6 Å². The SMILES string of the molecule is CC1(C(=O)N[C@@H](CCCNC(=O)[C@@H]2CN(C(C)(C)C)C[C@H]2c2ccc(F)cc2F)C2C=CC(Cl)=CC2)CC1. The van der Waals surface area contributed by atoms with Crippen LogP contribution in [0, 0.1) is 28.9 Å². The Kier molecular flexibility index (Phi) is 8.68. The Bertz CT molecular complexity index is 1110. The minimum atomic E-state index is -0.624. The number of benzene rings is 1. The van der Waals surface area contributed by atoms with E-state index in [1.165, 1.54) is 12.1 Å². The summed E-state index contributed by atoms with van der Waals surface area (Å²) in [5, 5.41) is 7.03. The summed E-state index contributed by atoms with van der Waals surface area (Å²) in [6.45, 7) is 9.71. The van der Waals surface area contributed by atoms with E-state index in [2.05, 4.69) is 42.4 Å². The first-order chi connectivity index (χ1) is 17.9. The summed E-state index contributed by atoms with van der Waals surface area (Å²) in [6.07, 6.45) is 9.92. The van der Waals surface area contributed by atoms with Crippen LogP contribution in [0.2, 0.25) is 0 Å². The number of hydrogen-bond donors (Lipinski definition) is 2. The van der Waals surface area contributed by atoms with Gasteiger partial charge in [-0.05, 0) is 70.6 Å². The number of nitrogens with one attached hydrogen (secondary N) is 2. The average Bonchev–Trinajstić information content (AvgIpc) is 3.44. The first kappa shape index (κ1) is 28.8. The van der Waals surface area contributed by atoms with Crippen molar-refractivity contribution in [3.63, 3.8) is 0 Å². The molecule has 208 valence electrons. The molecular formula is C30H40ClF2N3O2. The lowest BCUT2D eigenvalue weighted by Gasteiger charge is -2.31. The Balaban J connectivity index is 1.37. The topological polar surface area (TPSA) is 61.4 Å². The molecule has 1 saturated carbocycles. The van der Waals surface area contributed by atoms with Gasteiger partial charge in [0.05, 0.1) is 5.92 Å². The largest absolute Gasteiger partial charge is 0.356 e. The van der Waals surface area contributed by atoms with Crippen molar-refractivity contribution in [2.45, 2.75) is 77.3 Å². The van der Waals surface area contributed by atoms with Crippen molar-refractivity contribution in [2.24, 2.45) is 17.3 Å². The van der Waals surface area contributed by atoms with Crippen molar-refractivity contribution in [1.29, 1.82) is 0 Å². The lowest BCUT2D eigenvalue weighted by molar-refractivity contribution is -0.127. The highest BCUT2D eigenvalue weighted by molar-refractivity contribution is 6.31. The molecule has 4 atom stereocenters.